The molecule has 0 saturated heterocycles. The first kappa shape index (κ1) is 16.1. The van der Waals surface area contributed by atoms with E-state index in [1.165, 1.54) is 0 Å². The smallest absolute Gasteiger partial charge is 0.287 e. The van der Waals surface area contributed by atoms with E-state index in [2.05, 4.69) is 15.3 Å². The highest BCUT2D eigenvalue weighted by molar-refractivity contribution is 5.93. The minimum Gasteiger partial charge on any atom is -0.459 e. The van der Waals surface area contributed by atoms with Gasteiger partial charge in [-0.1, -0.05) is 30.3 Å². The Morgan fingerprint density at radius 3 is 2.58 bits per heavy atom. The quantitative estimate of drug-likeness (QED) is 0.594. The van der Waals surface area contributed by atoms with Crippen LogP contribution >= 0.6 is 0 Å². The second-order valence-corrected chi connectivity index (χ2v) is 6.21. The van der Waals surface area contributed by atoms with Crippen LogP contribution < -0.4 is 10.9 Å². The van der Waals surface area contributed by atoms with Crippen LogP contribution in [0.4, 0.5) is 0 Å². The number of H-pyrrole nitrogens is 1. The highest BCUT2D eigenvalue weighted by Crippen LogP contribution is 2.29. The van der Waals surface area contributed by atoms with Crippen LogP contribution in [0.1, 0.15) is 34.9 Å². The number of fused-ring (bicyclic) bond motifs is 2. The number of carbonyl (C=O) groups excluding carboxylic acids is 1. The molecule has 0 saturated carbocycles. The normalized spacial score (nSPS) is 12.4. The number of amides is 1. The van der Waals surface area contributed by atoms with Gasteiger partial charge in [-0.3, -0.25) is 9.59 Å². The van der Waals surface area contributed by atoms with E-state index >= 15 is 0 Å². The summed E-state index contributed by atoms with van der Waals surface area (Å²) in [6, 6.07) is 14.3. The molecule has 1 atom stereocenters. The lowest BCUT2D eigenvalue weighted by atomic mass is 10.1. The van der Waals surface area contributed by atoms with Gasteiger partial charge in [0.2, 0.25) is 0 Å². The van der Waals surface area contributed by atoms with Gasteiger partial charge in [-0.15, -0.1) is 0 Å². The molecule has 2 heterocycles. The number of carbonyl (C=O) groups is 1. The Kier molecular flexibility index (Phi) is 3.80. The predicted molar refractivity (Wildman–Crippen MR) is 99.2 cm³/mol. The van der Waals surface area contributed by atoms with E-state index in [0.717, 1.165) is 16.5 Å². The molecule has 4 rings (SSSR count). The number of aryl methyl sites for hydroxylation is 1. The summed E-state index contributed by atoms with van der Waals surface area (Å²) in [6.07, 6.45) is 0. The number of aromatic nitrogens is 2. The average Bonchev–Trinajstić information content (AvgIpc) is 2.99. The second-order valence-electron chi connectivity index (χ2n) is 6.21. The first-order valence-corrected chi connectivity index (χ1v) is 8.32. The van der Waals surface area contributed by atoms with Crippen molar-refractivity contribution in [2.45, 2.75) is 19.9 Å². The molecule has 2 N–H and O–H groups in total. The number of aromatic amines is 1. The van der Waals surface area contributed by atoms with E-state index in [1.54, 1.807) is 24.3 Å². The molecule has 0 unspecified atom stereocenters. The van der Waals surface area contributed by atoms with Gasteiger partial charge in [0.05, 0.1) is 16.9 Å². The van der Waals surface area contributed by atoms with Crippen molar-refractivity contribution in [1.82, 2.24) is 15.3 Å². The van der Waals surface area contributed by atoms with Gasteiger partial charge in [-0.25, -0.2) is 4.98 Å². The lowest BCUT2D eigenvalue weighted by Crippen LogP contribution is -2.30. The maximum Gasteiger partial charge on any atom is 0.287 e. The van der Waals surface area contributed by atoms with Crippen LogP contribution in [0.3, 0.4) is 0 Å². The summed E-state index contributed by atoms with van der Waals surface area (Å²) in [4.78, 5) is 31.5. The predicted octanol–water partition coefficient (Wildman–Crippen LogP) is 3.47. The zero-order valence-corrected chi connectivity index (χ0v) is 14.4. The van der Waals surface area contributed by atoms with Crippen molar-refractivity contribution in [1.29, 1.82) is 0 Å². The minimum atomic E-state index is -0.458. The van der Waals surface area contributed by atoms with E-state index in [4.69, 9.17) is 4.42 Å². The van der Waals surface area contributed by atoms with Gasteiger partial charge < -0.3 is 14.7 Å². The topological polar surface area (TPSA) is 88.0 Å². The highest BCUT2D eigenvalue weighted by atomic mass is 16.3. The van der Waals surface area contributed by atoms with Crippen molar-refractivity contribution in [3.05, 3.63) is 76.0 Å². The van der Waals surface area contributed by atoms with Gasteiger partial charge in [0.25, 0.3) is 11.5 Å². The Morgan fingerprint density at radius 1 is 1.12 bits per heavy atom. The Bertz CT molecular complexity index is 1190. The van der Waals surface area contributed by atoms with Gasteiger partial charge >= 0.3 is 0 Å². The lowest BCUT2D eigenvalue weighted by Gasteiger charge is -2.12. The Hall–Kier alpha value is -3.41. The third-order valence-corrected chi connectivity index (χ3v) is 4.45. The number of benzene rings is 2. The molecule has 26 heavy (non-hydrogen) atoms. The van der Waals surface area contributed by atoms with Crippen LogP contribution in [0.15, 0.2) is 57.7 Å². The highest BCUT2D eigenvalue weighted by Gasteiger charge is 2.20. The summed E-state index contributed by atoms with van der Waals surface area (Å²) in [6.45, 7) is 3.79. The minimum absolute atomic E-state index is 0.0192. The van der Waals surface area contributed by atoms with Gasteiger partial charge in [0, 0.05) is 10.9 Å². The summed E-state index contributed by atoms with van der Waals surface area (Å²) < 4.78 is 5.88. The summed E-state index contributed by atoms with van der Waals surface area (Å²) in [5, 5.41) is 4.30. The van der Waals surface area contributed by atoms with Crippen LogP contribution in [0.2, 0.25) is 0 Å². The Morgan fingerprint density at radius 2 is 1.81 bits per heavy atom. The van der Waals surface area contributed by atoms with Crippen LogP contribution in [0.25, 0.3) is 21.9 Å². The fourth-order valence-electron chi connectivity index (χ4n) is 3.13. The molecule has 4 aromatic rings. The average molecular weight is 347 g/mol. The number of para-hydroxylation sites is 2. The number of nitrogens with one attached hydrogen (secondary N) is 2. The molecule has 0 fully saturated rings. The number of furan rings is 1. The molecule has 130 valence electrons. The van der Waals surface area contributed by atoms with E-state index in [0.29, 0.717) is 16.7 Å². The summed E-state index contributed by atoms with van der Waals surface area (Å²) >= 11 is 0. The van der Waals surface area contributed by atoms with Crippen LogP contribution in [0.5, 0.6) is 0 Å². The van der Waals surface area contributed by atoms with Gasteiger partial charge in [-0.2, -0.15) is 0 Å². The number of hydrogen-bond acceptors (Lipinski definition) is 4. The zero-order valence-electron chi connectivity index (χ0n) is 14.4. The first-order chi connectivity index (χ1) is 12.5. The summed E-state index contributed by atoms with van der Waals surface area (Å²) in [7, 11) is 0. The summed E-state index contributed by atoms with van der Waals surface area (Å²) in [5.74, 6) is 0.206. The number of hydrogen-bond donors (Lipinski definition) is 2. The van der Waals surface area contributed by atoms with Gasteiger partial charge in [0.15, 0.2) is 5.82 Å². The lowest BCUT2D eigenvalue weighted by molar-refractivity contribution is 0.0925. The van der Waals surface area contributed by atoms with E-state index in [9.17, 15) is 9.59 Å². The van der Waals surface area contributed by atoms with E-state index < -0.39 is 5.91 Å². The van der Waals surface area contributed by atoms with E-state index in [-0.39, 0.29) is 17.4 Å². The number of nitrogens with zero attached hydrogens (tertiary/aromatic N) is 1. The van der Waals surface area contributed by atoms with Crippen LogP contribution in [-0.4, -0.2) is 15.9 Å². The number of rotatable bonds is 3. The van der Waals surface area contributed by atoms with Crippen molar-refractivity contribution in [3.63, 3.8) is 0 Å². The Labute approximate surface area is 148 Å². The molecule has 0 radical (unpaired) electrons. The van der Waals surface area contributed by atoms with Crippen molar-refractivity contribution in [2.75, 3.05) is 0 Å². The molecule has 0 aliphatic carbocycles. The standard InChI is InChI=1S/C20H17N3O3/c1-11-13-7-4-6-10-16(13)26-17(11)12(2)21-20(25)18-22-15-9-5-3-8-14(15)19(24)23-18/h3-10,12H,1-2H3,(H,21,25)(H,22,23,24)/t12-/m0/s1. The van der Waals surface area contributed by atoms with Crippen molar-refractivity contribution >= 4 is 27.8 Å². The Balaban J connectivity index is 1.65. The van der Waals surface area contributed by atoms with Crippen LogP contribution in [0, 0.1) is 6.92 Å². The summed E-state index contributed by atoms with van der Waals surface area (Å²) in [5.41, 5.74) is 1.90. The molecule has 0 aliphatic heterocycles. The molecule has 2 aromatic carbocycles. The molecular weight excluding hydrogens is 330 g/mol. The van der Waals surface area contributed by atoms with Gasteiger partial charge in [0.1, 0.15) is 11.3 Å². The molecule has 1 amide bonds. The maximum atomic E-state index is 12.6. The van der Waals surface area contributed by atoms with Gasteiger partial charge in [-0.05, 0) is 32.0 Å². The SMILES string of the molecule is Cc1c([C@H](C)NC(=O)c2nc3ccccc3c(=O)[nH]2)oc2ccccc12. The van der Waals surface area contributed by atoms with Crippen molar-refractivity contribution in [2.24, 2.45) is 0 Å². The fourth-order valence-corrected chi connectivity index (χ4v) is 3.13. The molecule has 6 heteroatoms. The fraction of sp³-hybridized carbons (Fsp3) is 0.150. The van der Waals surface area contributed by atoms with E-state index in [1.807, 2.05) is 38.1 Å². The molecule has 0 bridgehead atoms. The third-order valence-electron chi connectivity index (χ3n) is 4.45. The van der Waals surface area contributed by atoms with Crippen molar-refractivity contribution < 1.29 is 9.21 Å². The molecule has 0 aliphatic rings. The monoisotopic (exact) mass is 347 g/mol. The molecule has 0 spiro atoms. The molecular formula is C20H17N3O3. The third kappa shape index (κ3) is 2.65. The van der Waals surface area contributed by atoms with Crippen molar-refractivity contribution in [3.8, 4) is 0 Å². The van der Waals surface area contributed by atoms with Crippen LogP contribution in [-0.2, 0) is 0 Å². The maximum absolute atomic E-state index is 12.6. The zero-order chi connectivity index (χ0) is 18.3. The molecule has 6 nitrogen and oxygen atoms in total. The molecule has 2 aromatic heterocycles. The largest absolute Gasteiger partial charge is 0.459 e. The second kappa shape index (κ2) is 6.15. The first-order valence-electron chi connectivity index (χ1n) is 8.32.